The third-order valence-electron chi connectivity index (χ3n) is 3.21. The number of nitrogens with two attached hydrogens (primary N) is 1. The topological polar surface area (TPSA) is 92.5 Å². The summed E-state index contributed by atoms with van der Waals surface area (Å²) in [4.78, 5) is 11.8. The van der Waals surface area contributed by atoms with E-state index in [-0.39, 0.29) is 4.90 Å². The first-order valence-corrected chi connectivity index (χ1v) is 8.51. The van der Waals surface area contributed by atoms with E-state index < -0.39 is 22.5 Å². The first-order chi connectivity index (χ1) is 10.9. The molecule has 2 rings (SSSR count). The monoisotopic (exact) mass is 353 g/mol. The summed E-state index contributed by atoms with van der Waals surface area (Å²) in [5, 5.41) is 0.478. The van der Waals surface area contributed by atoms with Gasteiger partial charge in [0.25, 0.3) is 15.9 Å². The number of aryl methyl sites for hydroxylation is 1. The van der Waals surface area contributed by atoms with Gasteiger partial charge in [-0.15, -0.1) is 0 Å². The van der Waals surface area contributed by atoms with E-state index in [2.05, 4.69) is 0 Å². The molecule has 0 unspecified atom stereocenters. The fourth-order valence-corrected chi connectivity index (χ4v) is 3.83. The predicted molar refractivity (Wildman–Crippen MR) is 89.5 cm³/mol. The molecule has 0 aliphatic rings. The highest BCUT2D eigenvalue weighted by Crippen LogP contribution is 2.28. The molecule has 0 heterocycles. The first-order valence-electron chi connectivity index (χ1n) is 6.69. The molecule has 3 N–H and O–H groups in total. The molecule has 8 heteroatoms. The number of hydrogen-bond acceptors (Lipinski definition) is 4. The van der Waals surface area contributed by atoms with Gasteiger partial charge in [-0.25, -0.2) is 14.3 Å². The SMILES string of the molecule is Cc1cc(Cl)ccc1N(CC(=O)NN)S(=O)(=O)c1ccccc1. The van der Waals surface area contributed by atoms with E-state index in [4.69, 9.17) is 17.4 Å². The van der Waals surface area contributed by atoms with E-state index in [1.54, 1.807) is 43.3 Å². The maximum atomic E-state index is 12.9. The number of hydrogen-bond donors (Lipinski definition) is 2. The zero-order valence-corrected chi connectivity index (χ0v) is 13.9. The van der Waals surface area contributed by atoms with Crippen LogP contribution in [0.2, 0.25) is 5.02 Å². The summed E-state index contributed by atoms with van der Waals surface area (Å²) >= 11 is 5.92. The van der Waals surface area contributed by atoms with Crippen molar-refractivity contribution in [2.75, 3.05) is 10.8 Å². The summed E-state index contributed by atoms with van der Waals surface area (Å²) in [5.74, 6) is 4.47. The van der Waals surface area contributed by atoms with Crippen molar-refractivity contribution in [1.82, 2.24) is 5.43 Å². The van der Waals surface area contributed by atoms with Gasteiger partial charge in [0.05, 0.1) is 10.6 Å². The van der Waals surface area contributed by atoms with E-state index in [0.29, 0.717) is 16.3 Å². The minimum absolute atomic E-state index is 0.0826. The van der Waals surface area contributed by atoms with Crippen molar-refractivity contribution in [2.45, 2.75) is 11.8 Å². The van der Waals surface area contributed by atoms with Gasteiger partial charge in [-0.1, -0.05) is 29.8 Å². The van der Waals surface area contributed by atoms with Gasteiger partial charge in [0, 0.05) is 5.02 Å². The number of anilines is 1. The Morgan fingerprint density at radius 1 is 1.22 bits per heavy atom. The third-order valence-corrected chi connectivity index (χ3v) is 5.22. The molecule has 0 aliphatic carbocycles. The van der Waals surface area contributed by atoms with Crippen molar-refractivity contribution in [3.63, 3.8) is 0 Å². The van der Waals surface area contributed by atoms with Crippen LogP contribution in [-0.4, -0.2) is 20.9 Å². The lowest BCUT2D eigenvalue weighted by atomic mass is 10.2. The van der Waals surface area contributed by atoms with E-state index in [1.165, 1.54) is 12.1 Å². The molecule has 6 nitrogen and oxygen atoms in total. The highest BCUT2D eigenvalue weighted by molar-refractivity contribution is 7.92. The van der Waals surface area contributed by atoms with Crippen molar-refractivity contribution >= 4 is 33.2 Å². The quantitative estimate of drug-likeness (QED) is 0.487. The Labute approximate surface area is 139 Å². The number of amides is 1. The highest BCUT2D eigenvalue weighted by atomic mass is 35.5. The lowest BCUT2D eigenvalue weighted by Crippen LogP contribution is -2.43. The van der Waals surface area contributed by atoms with Crippen molar-refractivity contribution in [2.24, 2.45) is 5.84 Å². The molecule has 0 atom stereocenters. The largest absolute Gasteiger partial charge is 0.293 e. The highest BCUT2D eigenvalue weighted by Gasteiger charge is 2.27. The lowest BCUT2D eigenvalue weighted by molar-refractivity contribution is -0.119. The first kappa shape index (κ1) is 17.3. The second-order valence-electron chi connectivity index (χ2n) is 4.82. The molecule has 2 aromatic rings. The molecular weight excluding hydrogens is 338 g/mol. The smallest absolute Gasteiger partial charge is 0.264 e. The van der Waals surface area contributed by atoms with E-state index in [9.17, 15) is 13.2 Å². The Morgan fingerprint density at radius 2 is 1.87 bits per heavy atom. The Balaban J connectivity index is 2.56. The molecule has 0 fully saturated rings. The van der Waals surface area contributed by atoms with Gasteiger partial charge in [0.2, 0.25) is 0 Å². The van der Waals surface area contributed by atoms with Gasteiger partial charge in [-0.3, -0.25) is 14.5 Å². The molecule has 0 bridgehead atoms. The maximum Gasteiger partial charge on any atom is 0.264 e. The summed E-state index contributed by atoms with van der Waals surface area (Å²) in [5.41, 5.74) is 2.94. The van der Waals surface area contributed by atoms with Gasteiger partial charge < -0.3 is 0 Å². The predicted octanol–water partition coefficient (Wildman–Crippen LogP) is 1.83. The van der Waals surface area contributed by atoms with Crippen molar-refractivity contribution in [3.8, 4) is 0 Å². The second kappa shape index (κ2) is 6.99. The number of hydrazine groups is 1. The van der Waals surface area contributed by atoms with Gasteiger partial charge in [0.1, 0.15) is 6.54 Å². The fourth-order valence-electron chi connectivity index (χ4n) is 2.09. The molecule has 0 saturated carbocycles. The van der Waals surface area contributed by atoms with Crippen LogP contribution in [0, 0.1) is 6.92 Å². The van der Waals surface area contributed by atoms with Crippen LogP contribution in [-0.2, 0) is 14.8 Å². The zero-order chi connectivity index (χ0) is 17.0. The molecule has 23 heavy (non-hydrogen) atoms. The second-order valence-corrected chi connectivity index (χ2v) is 7.12. The Morgan fingerprint density at radius 3 is 2.43 bits per heavy atom. The van der Waals surface area contributed by atoms with Crippen LogP contribution in [0.5, 0.6) is 0 Å². The normalized spacial score (nSPS) is 11.1. The molecule has 1 amide bonds. The van der Waals surface area contributed by atoms with Gasteiger partial charge in [-0.05, 0) is 42.8 Å². The van der Waals surface area contributed by atoms with Crippen LogP contribution < -0.4 is 15.6 Å². The van der Waals surface area contributed by atoms with Gasteiger partial charge >= 0.3 is 0 Å². The lowest BCUT2D eigenvalue weighted by Gasteiger charge is -2.25. The number of halogens is 1. The maximum absolute atomic E-state index is 12.9. The summed E-state index contributed by atoms with van der Waals surface area (Å²) in [6, 6.07) is 12.6. The minimum atomic E-state index is -3.92. The molecule has 0 aliphatic heterocycles. The fraction of sp³-hybridized carbons (Fsp3) is 0.133. The molecule has 122 valence electrons. The molecule has 0 spiro atoms. The van der Waals surface area contributed by atoms with E-state index in [1.807, 2.05) is 5.43 Å². The summed E-state index contributed by atoms with van der Waals surface area (Å²) in [6.07, 6.45) is 0. The van der Waals surface area contributed by atoms with Crippen molar-refractivity contribution < 1.29 is 13.2 Å². The zero-order valence-electron chi connectivity index (χ0n) is 12.4. The number of rotatable bonds is 5. The van der Waals surface area contributed by atoms with Crippen molar-refractivity contribution in [1.29, 1.82) is 0 Å². The van der Waals surface area contributed by atoms with E-state index in [0.717, 1.165) is 4.31 Å². The number of sulfonamides is 1. The van der Waals surface area contributed by atoms with Gasteiger partial charge in [0.15, 0.2) is 0 Å². The number of benzene rings is 2. The molecule has 0 saturated heterocycles. The Kier molecular flexibility index (Phi) is 5.25. The standard InChI is InChI=1S/C15H16ClN3O3S/c1-11-9-12(16)7-8-14(11)19(10-15(20)18-17)23(21,22)13-5-3-2-4-6-13/h2-9H,10,17H2,1H3,(H,18,20). The van der Waals surface area contributed by atoms with Crippen LogP contribution >= 0.6 is 11.6 Å². The minimum Gasteiger partial charge on any atom is -0.293 e. The third kappa shape index (κ3) is 3.82. The Hall–Kier alpha value is -2.09. The van der Waals surface area contributed by atoms with Crippen LogP contribution in [0.25, 0.3) is 0 Å². The summed E-state index contributed by atoms with van der Waals surface area (Å²) in [6.45, 7) is 1.28. The molecular formula is C15H16ClN3O3S. The van der Waals surface area contributed by atoms with Crippen LogP contribution in [0.4, 0.5) is 5.69 Å². The molecule has 0 aromatic heterocycles. The average molecular weight is 354 g/mol. The molecule has 2 aromatic carbocycles. The van der Waals surface area contributed by atoms with Crippen LogP contribution in [0.15, 0.2) is 53.4 Å². The van der Waals surface area contributed by atoms with Crippen molar-refractivity contribution in [3.05, 3.63) is 59.1 Å². The average Bonchev–Trinajstić information content (AvgIpc) is 2.53. The van der Waals surface area contributed by atoms with E-state index >= 15 is 0 Å². The summed E-state index contributed by atoms with van der Waals surface area (Å²) < 4.78 is 26.8. The summed E-state index contributed by atoms with van der Waals surface area (Å²) in [7, 11) is -3.92. The van der Waals surface area contributed by atoms with Crippen LogP contribution in [0.3, 0.4) is 0 Å². The number of nitrogens with one attached hydrogen (secondary N) is 1. The Bertz CT molecular complexity index is 810. The van der Waals surface area contributed by atoms with Crippen LogP contribution in [0.1, 0.15) is 5.56 Å². The number of nitrogens with zero attached hydrogens (tertiary/aromatic N) is 1. The van der Waals surface area contributed by atoms with Gasteiger partial charge in [-0.2, -0.15) is 0 Å². The number of carbonyl (C=O) groups excluding carboxylic acids is 1. The number of carbonyl (C=O) groups is 1. The molecule has 0 radical (unpaired) electrons.